The largest absolute Gasteiger partial charge is 0.350 e. The molecule has 0 aromatic heterocycles. The Bertz CT molecular complexity index is 1440. The van der Waals surface area contributed by atoms with Crippen molar-refractivity contribution in [2.75, 3.05) is 17.4 Å². The molecule has 10 nitrogen and oxygen atoms in total. The van der Waals surface area contributed by atoms with E-state index in [0.717, 1.165) is 9.87 Å². The number of nitro benzene ring substituents is 1. The van der Waals surface area contributed by atoms with Crippen LogP contribution in [-0.2, 0) is 26.0 Å². The van der Waals surface area contributed by atoms with E-state index in [9.17, 15) is 28.1 Å². The van der Waals surface area contributed by atoms with Crippen LogP contribution in [0.15, 0.2) is 89.8 Å². The second kappa shape index (κ2) is 13.4. The van der Waals surface area contributed by atoms with Crippen molar-refractivity contribution in [2.45, 2.75) is 57.0 Å². The number of sulfonamides is 1. The average molecular weight is 581 g/mol. The Morgan fingerprint density at radius 1 is 0.927 bits per heavy atom. The molecule has 0 saturated carbocycles. The molecular formula is C30H36N4O6S. The Morgan fingerprint density at radius 3 is 2.00 bits per heavy atom. The number of nitrogens with zero attached hydrogens (tertiary/aromatic N) is 3. The van der Waals surface area contributed by atoms with Crippen LogP contribution in [0.5, 0.6) is 0 Å². The highest BCUT2D eigenvalue weighted by atomic mass is 32.2. The summed E-state index contributed by atoms with van der Waals surface area (Å²) in [5.41, 5.74) is 0.287. The average Bonchev–Trinajstić information content (AvgIpc) is 2.93. The number of hydrogen-bond donors (Lipinski definition) is 1. The third-order valence-corrected chi connectivity index (χ3v) is 8.11. The second-order valence-electron chi connectivity index (χ2n) is 10.6. The highest BCUT2D eigenvalue weighted by Crippen LogP contribution is 2.26. The van der Waals surface area contributed by atoms with Gasteiger partial charge in [0.25, 0.3) is 15.7 Å². The van der Waals surface area contributed by atoms with Gasteiger partial charge in [-0.25, -0.2) is 8.42 Å². The highest BCUT2D eigenvalue weighted by molar-refractivity contribution is 7.92. The van der Waals surface area contributed by atoms with Crippen LogP contribution in [0.3, 0.4) is 0 Å². The van der Waals surface area contributed by atoms with Crippen LogP contribution in [0, 0.1) is 10.1 Å². The fourth-order valence-electron chi connectivity index (χ4n) is 4.34. The molecule has 3 aromatic carbocycles. The van der Waals surface area contributed by atoms with E-state index in [-0.39, 0.29) is 28.7 Å². The summed E-state index contributed by atoms with van der Waals surface area (Å²) in [4.78, 5) is 39.3. The number of amides is 2. The zero-order chi connectivity index (χ0) is 30.2. The quantitative estimate of drug-likeness (QED) is 0.247. The van der Waals surface area contributed by atoms with Gasteiger partial charge < -0.3 is 10.2 Å². The van der Waals surface area contributed by atoms with E-state index in [1.54, 1.807) is 25.1 Å². The van der Waals surface area contributed by atoms with E-state index in [4.69, 9.17) is 0 Å². The Morgan fingerprint density at radius 2 is 1.49 bits per heavy atom. The molecule has 0 bridgehead atoms. The van der Waals surface area contributed by atoms with Crippen molar-refractivity contribution in [3.8, 4) is 0 Å². The van der Waals surface area contributed by atoms with Crippen LogP contribution in [-0.4, -0.2) is 54.7 Å². The summed E-state index contributed by atoms with van der Waals surface area (Å²) in [5.74, 6) is -0.913. The van der Waals surface area contributed by atoms with Gasteiger partial charge in [0.05, 0.1) is 15.5 Å². The van der Waals surface area contributed by atoms with Gasteiger partial charge in [0.2, 0.25) is 11.8 Å². The topological polar surface area (TPSA) is 130 Å². The Kier molecular flexibility index (Phi) is 10.2. The number of anilines is 1. The monoisotopic (exact) mass is 580 g/mol. The fourth-order valence-corrected chi connectivity index (χ4v) is 5.77. The minimum atomic E-state index is -4.25. The molecule has 0 radical (unpaired) electrons. The molecule has 0 fully saturated rings. The summed E-state index contributed by atoms with van der Waals surface area (Å²) in [7, 11) is -4.25. The van der Waals surface area contributed by atoms with Crippen LogP contribution >= 0.6 is 0 Å². The van der Waals surface area contributed by atoms with Gasteiger partial charge in [0.1, 0.15) is 12.6 Å². The van der Waals surface area contributed by atoms with E-state index in [0.29, 0.717) is 12.8 Å². The van der Waals surface area contributed by atoms with Crippen molar-refractivity contribution in [2.24, 2.45) is 0 Å². The number of non-ortho nitro benzene ring substituents is 1. The SMILES string of the molecule is CC[C@@H](C(=O)NC(C)(C)C)N(CCc1ccccc1)C(=O)CN(c1ccc([N+](=O)[O-])cc1)S(=O)(=O)c1ccccc1. The lowest BCUT2D eigenvalue weighted by Crippen LogP contribution is -2.56. The molecule has 0 heterocycles. The van der Waals surface area contributed by atoms with Crippen molar-refractivity contribution < 1.29 is 22.9 Å². The maximum absolute atomic E-state index is 14.0. The van der Waals surface area contributed by atoms with Gasteiger partial charge >= 0.3 is 0 Å². The number of benzene rings is 3. The normalized spacial score (nSPS) is 12.3. The molecule has 0 aliphatic heterocycles. The first-order valence-electron chi connectivity index (χ1n) is 13.3. The lowest BCUT2D eigenvalue weighted by atomic mass is 10.1. The molecule has 0 unspecified atom stereocenters. The molecule has 0 spiro atoms. The molecule has 2 amide bonds. The van der Waals surface area contributed by atoms with Crippen molar-refractivity contribution in [1.29, 1.82) is 0 Å². The summed E-state index contributed by atoms with van der Waals surface area (Å²) in [6.07, 6.45) is 0.764. The molecule has 218 valence electrons. The predicted molar refractivity (Wildman–Crippen MR) is 158 cm³/mol. The van der Waals surface area contributed by atoms with Crippen molar-refractivity contribution in [1.82, 2.24) is 10.2 Å². The van der Waals surface area contributed by atoms with Crippen LogP contribution in [0.2, 0.25) is 0 Å². The number of nitro groups is 1. The second-order valence-corrected chi connectivity index (χ2v) is 12.4. The Hall–Kier alpha value is -4.25. The van der Waals surface area contributed by atoms with E-state index in [1.807, 2.05) is 51.1 Å². The highest BCUT2D eigenvalue weighted by Gasteiger charge is 2.34. The lowest BCUT2D eigenvalue weighted by Gasteiger charge is -2.34. The molecule has 0 aliphatic rings. The maximum Gasteiger partial charge on any atom is 0.269 e. The number of hydrogen-bond acceptors (Lipinski definition) is 6. The third-order valence-electron chi connectivity index (χ3n) is 6.33. The number of rotatable bonds is 12. The van der Waals surface area contributed by atoms with Crippen molar-refractivity contribution in [3.63, 3.8) is 0 Å². The van der Waals surface area contributed by atoms with Crippen LogP contribution in [0.4, 0.5) is 11.4 Å². The van der Waals surface area contributed by atoms with E-state index in [1.165, 1.54) is 41.3 Å². The molecule has 3 rings (SSSR count). The Balaban J connectivity index is 2.03. The number of nitrogens with one attached hydrogen (secondary N) is 1. The number of carbonyl (C=O) groups is 2. The van der Waals surface area contributed by atoms with Crippen LogP contribution < -0.4 is 9.62 Å². The zero-order valence-corrected chi connectivity index (χ0v) is 24.5. The van der Waals surface area contributed by atoms with Crippen molar-refractivity contribution in [3.05, 3.63) is 101 Å². The van der Waals surface area contributed by atoms with E-state index in [2.05, 4.69) is 5.32 Å². The smallest absolute Gasteiger partial charge is 0.269 e. The van der Waals surface area contributed by atoms with Gasteiger partial charge in [-0.05, 0) is 63.4 Å². The molecule has 3 aromatic rings. The van der Waals surface area contributed by atoms with E-state index < -0.39 is 39.0 Å². The minimum absolute atomic E-state index is 0.0421. The van der Waals surface area contributed by atoms with Gasteiger partial charge in [-0.15, -0.1) is 0 Å². The molecule has 11 heteroatoms. The van der Waals surface area contributed by atoms with Gasteiger partial charge in [-0.1, -0.05) is 55.5 Å². The van der Waals surface area contributed by atoms with Crippen LogP contribution in [0.25, 0.3) is 0 Å². The van der Waals surface area contributed by atoms with Gasteiger partial charge in [-0.2, -0.15) is 0 Å². The van der Waals surface area contributed by atoms with Gasteiger partial charge in [0.15, 0.2) is 0 Å². The molecule has 1 atom stereocenters. The summed E-state index contributed by atoms with van der Waals surface area (Å²) in [5, 5.41) is 14.1. The molecular weight excluding hydrogens is 544 g/mol. The van der Waals surface area contributed by atoms with Crippen molar-refractivity contribution >= 4 is 33.2 Å². The Labute approximate surface area is 241 Å². The molecule has 41 heavy (non-hydrogen) atoms. The van der Waals surface area contributed by atoms with Gasteiger partial charge in [-0.3, -0.25) is 24.0 Å². The van der Waals surface area contributed by atoms with E-state index >= 15 is 0 Å². The summed E-state index contributed by atoms with van der Waals surface area (Å²) in [6, 6.07) is 21.2. The third kappa shape index (κ3) is 8.37. The first kappa shape index (κ1) is 31.3. The minimum Gasteiger partial charge on any atom is -0.350 e. The zero-order valence-electron chi connectivity index (χ0n) is 23.7. The first-order valence-corrected chi connectivity index (χ1v) is 14.7. The summed E-state index contributed by atoms with van der Waals surface area (Å²) < 4.78 is 28.5. The molecule has 0 aliphatic carbocycles. The maximum atomic E-state index is 14.0. The first-order chi connectivity index (χ1) is 19.3. The number of carbonyl (C=O) groups excluding carboxylic acids is 2. The summed E-state index contributed by atoms with van der Waals surface area (Å²) >= 11 is 0. The van der Waals surface area contributed by atoms with Crippen LogP contribution in [0.1, 0.15) is 39.7 Å². The molecule has 0 saturated heterocycles. The summed E-state index contributed by atoms with van der Waals surface area (Å²) in [6.45, 7) is 6.90. The molecule has 1 N–H and O–H groups in total. The van der Waals surface area contributed by atoms with Gasteiger partial charge in [0, 0.05) is 24.2 Å². The predicted octanol–water partition coefficient (Wildman–Crippen LogP) is 4.55. The fraction of sp³-hybridized carbons (Fsp3) is 0.333. The standard InChI is InChI=1S/C30H36N4O6S/c1-5-27(29(36)31-30(2,3)4)32(21-20-23-12-8-6-9-13-23)28(35)22-33(24-16-18-25(19-17-24)34(37)38)41(39,40)26-14-10-7-11-15-26/h6-19,27H,5,20-22H2,1-4H3,(H,31,36)/t27-/m0/s1. The lowest BCUT2D eigenvalue weighted by molar-refractivity contribution is -0.384.